The van der Waals surface area contributed by atoms with Crippen molar-refractivity contribution in [3.05, 3.63) is 53.0 Å². The maximum absolute atomic E-state index is 14.0. The van der Waals surface area contributed by atoms with Crippen molar-refractivity contribution in [1.29, 1.82) is 0 Å². The Balaban J connectivity index is 2.04. The Morgan fingerprint density at radius 3 is 2.69 bits per heavy atom. The fourth-order valence-electron chi connectivity index (χ4n) is 3.01. The molecule has 2 amide bonds. The van der Waals surface area contributed by atoms with Gasteiger partial charge in [0, 0.05) is 12.1 Å². The van der Waals surface area contributed by atoms with Gasteiger partial charge in [0.05, 0.1) is 11.7 Å². The molecule has 0 aliphatic carbocycles. The molecule has 0 saturated carbocycles. The number of halogens is 4. The highest BCUT2D eigenvalue weighted by Crippen LogP contribution is 2.35. The van der Waals surface area contributed by atoms with Crippen molar-refractivity contribution >= 4 is 11.8 Å². The van der Waals surface area contributed by atoms with Crippen LogP contribution in [-0.4, -0.2) is 29.6 Å². The largest absolute Gasteiger partial charge is 0.573 e. The number of hydrogen-bond donors (Lipinski definition) is 1. The van der Waals surface area contributed by atoms with Gasteiger partial charge < -0.3 is 10.1 Å². The first-order valence-corrected chi connectivity index (χ1v) is 7.72. The van der Waals surface area contributed by atoms with Gasteiger partial charge in [0.25, 0.3) is 0 Å². The van der Waals surface area contributed by atoms with E-state index in [0.29, 0.717) is 18.7 Å². The molecule has 2 aliphatic heterocycles. The summed E-state index contributed by atoms with van der Waals surface area (Å²) in [6, 6.07) is 1.38. The molecule has 1 atom stereocenters. The summed E-state index contributed by atoms with van der Waals surface area (Å²) in [6.45, 7) is 1.71. The van der Waals surface area contributed by atoms with E-state index < -0.39 is 30.0 Å². The molecule has 2 heterocycles. The van der Waals surface area contributed by atoms with Crippen LogP contribution in [0.5, 0.6) is 5.75 Å². The maximum atomic E-state index is 14.0. The Labute approximate surface area is 145 Å². The van der Waals surface area contributed by atoms with Crippen LogP contribution in [-0.2, 0) is 4.79 Å². The minimum absolute atomic E-state index is 0.140. The fraction of sp³-hybridized carbons (Fsp3) is 0.294. The number of alkyl halides is 3. The molecule has 5 nitrogen and oxygen atoms in total. The van der Waals surface area contributed by atoms with E-state index in [2.05, 4.69) is 10.1 Å². The Morgan fingerprint density at radius 2 is 2.08 bits per heavy atom. The van der Waals surface area contributed by atoms with Gasteiger partial charge in [-0.15, -0.1) is 13.2 Å². The molecule has 0 saturated heterocycles. The zero-order chi connectivity index (χ0) is 19.1. The number of ether oxygens (including phenoxy) is 1. The van der Waals surface area contributed by atoms with E-state index in [9.17, 15) is 27.2 Å². The Morgan fingerprint density at radius 1 is 1.35 bits per heavy atom. The van der Waals surface area contributed by atoms with E-state index in [4.69, 9.17) is 0 Å². The van der Waals surface area contributed by atoms with E-state index in [0.717, 1.165) is 12.1 Å². The van der Waals surface area contributed by atoms with Gasteiger partial charge in [-0.1, -0.05) is 12.1 Å². The van der Waals surface area contributed by atoms with Gasteiger partial charge >= 0.3 is 12.4 Å². The zero-order valence-electron chi connectivity index (χ0n) is 13.6. The van der Waals surface area contributed by atoms with Gasteiger partial charge in [0.1, 0.15) is 0 Å². The first-order chi connectivity index (χ1) is 12.2. The van der Waals surface area contributed by atoms with Gasteiger partial charge in [-0.05, 0) is 37.1 Å². The quantitative estimate of drug-likeness (QED) is 0.828. The van der Waals surface area contributed by atoms with Gasteiger partial charge in [0.2, 0.25) is 0 Å². The Hall–Kier alpha value is -2.84. The number of nitrogens with one attached hydrogen (secondary N) is 1. The lowest BCUT2D eigenvalue weighted by Gasteiger charge is -2.37. The van der Waals surface area contributed by atoms with Crippen LogP contribution in [0.4, 0.5) is 22.4 Å². The van der Waals surface area contributed by atoms with Gasteiger partial charge in [-0.2, -0.15) is 0 Å². The average molecular weight is 370 g/mol. The molecular formula is C17H14F4N2O3. The maximum Gasteiger partial charge on any atom is 0.573 e. The molecular weight excluding hydrogens is 356 g/mol. The summed E-state index contributed by atoms with van der Waals surface area (Å²) in [5.74, 6) is -2.57. The number of amides is 2. The second-order valence-electron chi connectivity index (χ2n) is 5.82. The predicted molar refractivity (Wildman–Crippen MR) is 82.5 cm³/mol. The molecule has 0 aromatic heterocycles. The molecule has 9 heteroatoms. The lowest BCUT2D eigenvalue weighted by atomic mass is 9.91. The smallest absolute Gasteiger partial charge is 0.403 e. The summed E-state index contributed by atoms with van der Waals surface area (Å²) in [6.07, 6.45) is -0.943. The summed E-state index contributed by atoms with van der Waals surface area (Å²) in [5.41, 5.74) is 0.791. The topological polar surface area (TPSA) is 58.6 Å². The molecule has 1 aromatic rings. The number of ketones is 1. The van der Waals surface area contributed by atoms with Crippen molar-refractivity contribution in [2.75, 3.05) is 6.54 Å². The van der Waals surface area contributed by atoms with E-state index in [1.165, 1.54) is 17.9 Å². The van der Waals surface area contributed by atoms with Gasteiger partial charge in [-0.25, -0.2) is 9.18 Å². The van der Waals surface area contributed by atoms with Gasteiger partial charge in [-0.3, -0.25) is 9.69 Å². The normalized spacial score (nSPS) is 20.0. The summed E-state index contributed by atoms with van der Waals surface area (Å²) >= 11 is 0. The Bertz CT molecular complexity index is 830. The van der Waals surface area contributed by atoms with Crippen LogP contribution < -0.4 is 10.1 Å². The average Bonchev–Trinajstić information content (AvgIpc) is 2.55. The van der Waals surface area contributed by atoms with Crippen molar-refractivity contribution in [3.63, 3.8) is 0 Å². The third-order valence-electron chi connectivity index (χ3n) is 4.06. The number of hydrogen-bond acceptors (Lipinski definition) is 3. The van der Waals surface area contributed by atoms with Crippen molar-refractivity contribution in [1.82, 2.24) is 10.2 Å². The highest BCUT2D eigenvalue weighted by molar-refractivity contribution is 5.99. The summed E-state index contributed by atoms with van der Waals surface area (Å²) in [4.78, 5) is 25.8. The van der Waals surface area contributed by atoms with Crippen molar-refractivity contribution in [2.45, 2.75) is 25.7 Å². The van der Waals surface area contributed by atoms with Crippen LogP contribution in [0.1, 0.15) is 24.9 Å². The molecule has 138 valence electrons. The SMILES string of the molecule is CC(=O)C1=C2C=CCCN2C(=O)NC1c1ccc(OC(F)(F)F)c(F)c1. The first-order valence-electron chi connectivity index (χ1n) is 7.72. The van der Waals surface area contributed by atoms with Crippen LogP contribution in [0.25, 0.3) is 0 Å². The van der Waals surface area contributed by atoms with Crippen LogP contribution in [0, 0.1) is 5.82 Å². The molecule has 0 fully saturated rings. The lowest BCUT2D eigenvalue weighted by molar-refractivity contribution is -0.275. The van der Waals surface area contributed by atoms with Crippen LogP contribution in [0.3, 0.4) is 0 Å². The molecule has 0 radical (unpaired) electrons. The minimum atomic E-state index is -5.03. The summed E-state index contributed by atoms with van der Waals surface area (Å²) in [5, 5.41) is 2.60. The van der Waals surface area contributed by atoms with E-state index in [1.807, 2.05) is 6.08 Å². The Kier molecular flexibility index (Phi) is 4.47. The number of urea groups is 1. The third kappa shape index (κ3) is 3.42. The molecule has 26 heavy (non-hydrogen) atoms. The van der Waals surface area contributed by atoms with Crippen molar-refractivity contribution in [2.24, 2.45) is 0 Å². The number of nitrogens with zero attached hydrogens (tertiary/aromatic N) is 1. The fourth-order valence-corrected chi connectivity index (χ4v) is 3.01. The molecule has 2 aliphatic rings. The van der Waals surface area contributed by atoms with Crippen LogP contribution in [0.15, 0.2) is 41.6 Å². The first kappa shape index (κ1) is 18.0. The molecule has 3 rings (SSSR count). The van der Waals surface area contributed by atoms with Gasteiger partial charge in [0.15, 0.2) is 17.3 Å². The molecule has 1 unspecified atom stereocenters. The number of rotatable bonds is 3. The molecule has 0 spiro atoms. The van der Waals surface area contributed by atoms with Crippen LogP contribution in [0.2, 0.25) is 0 Å². The number of carbonyl (C=O) groups is 2. The molecule has 0 bridgehead atoms. The minimum Gasteiger partial charge on any atom is -0.403 e. The monoisotopic (exact) mass is 370 g/mol. The van der Waals surface area contributed by atoms with Crippen molar-refractivity contribution < 1.29 is 31.9 Å². The number of fused-ring (bicyclic) bond motifs is 1. The standard InChI is InChI=1S/C17H14F4N2O3/c1-9(24)14-12-4-2-3-7-23(12)16(25)22-15(14)10-5-6-13(11(18)8-10)26-17(19,20)21/h2,4-6,8,15H,3,7H2,1H3,(H,22,25). The molecule has 1 aromatic carbocycles. The second kappa shape index (κ2) is 6.47. The molecule has 1 N–H and O–H groups in total. The number of Topliss-reactive ketones (excluding diaryl/α,β-unsaturated/α-hetero) is 1. The lowest BCUT2D eigenvalue weighted by Crippen LogP contribution is -2.48. The van der Waals surface area contributed by atoms with Crippen molar-refractivity contribution in [3.8, 4) is 5.75 Å². The summed E-state index contributed by atoms with van der Waals surface area (Å²) < 4.78 is 54.4. The second-order valence-corrected chi connectivity index (χ2v) is 5.82. The number of benzene rings is 1. The highest BCUT2D eigenvalue weighted by Gasteiger charge is 2.37. The third-order valence-corrected chi connectivity index (χ3v) is 4.06. The number of carbonyl (C=O) groups excluding carboxylic acids is 2. The highest BCUT2D eigenvalue weighted by atomic mass is 19.4. The van der Waals surface area contributed by atoms with Crippen LogP contribution >= 0.6 is 0 Å². The number of allylic oxidation sites excluding steroid dienone is 1. The van der Waals surface area contributed by atoms with E-state index in [1.54, 1.807) is 6.08 Å². The summed E-state index contributed by atoms with van der Waals surface area (Å²) in [7, 11) is 0. The predicted octanol–water partition coefficient (Wildman–Crippen LogP) is 3.59. The zero-order valence-corrected chi connectivity index (χ0v) is 13.6. The van der Waals surface area contributed by atoms with E-state index in [-0.39, 0.29) is 16.9 Å². The van der Waals surface area contributed by atoms with E-state index >= 15 is 0 Å².